The van der Waals surface area contributed by atoms with Crippen LogP contribution in [0, 0.1) is 5.92 Å². The molecule has 1 heterocycles. The SMILES string of the molecule is COc1cc2ccnc(CCC3C=CCCC3)c2cc1OC. The Kier molecular flexibility index (Phi) is 4.62. The normalized spacial score (nSPS) is 17.6. The number of aromatic nitrogens is 1. The van der Waals surface area contributed by atoms with Crippen LogP contribution in [0.4, 0.5) is 0 Å². The number of benzene rings is 1. The van der Waals surface area contributed by atoms with E-state index in [1.165, 1.54) is 24.6 Å². The fourth-order valence-electron chi connectivity index (χ4n) is 3.20. The summed E-state index contributed by atoms with van der Waals surface area (Å²) in [5.41, 5.74) is 1.15. The van der Waals surface area contributed by atoms with Gasteiger partial charge in [-0.15, -0.1) is 0 Å². The van der Waals surface area contributed by atoms with Crippen LogP contribution in [0.3, 0.4) is 0 Å². The number of nitrogens with zero attached hydrogens (tertiary/aromatic N) is 1. The number of rotatable bonds is 5. The number of allylic oxidation sites excluding steroid dienone is 2. The van der Waals surface area contributed by atoms with Crippen molar-refractivity contribution < 1.29 is 9.47 Å². The van der Waals surface area contributed by atoms with Crippen LogP contribution >= 0.6 is 0 Å². The van der Waals surface area contributed by atoms with Crippen LogP contribution in [0.2, 0.25) is 0 Å². The molecule has 1 unspecified atom stereocenters. The molecule has 1 aliphatic carbocycles. The molecule has 1 aromatic carbocycles. The fraction of sp³-hybridized carbons (Fsp3) is 0.421. The lowest BCUT2D eigenvalue weighted by molar-refractivity contribution is 0.356. The van der Waals surface area contributed by atoms with E-state index in [-0.39, 0.29) is 0 Å². The van der Waals surface area contributed by atoms with E-state index in [4.69, 9.17) is 9.47 Å². The third kappa shape index (κ3) is 3.08. The minimum atomic E-state index is 0.700. The molecule has 0 fully saturated rings. The molecule has 0 saturated heterocycles. The van der Waals surface area contributed by atoms with E-state index in [1.807, 2.05) is 24.4 Å². The van der Waals surface area contributed by atoms with Crippen molar-refractivity contribution in [2.45, 2.75) is 32.1 Å². The minimum absolute atomic E-state index is 0.700. The first-order valence-corrected chi connectivity index (χ1v) is 7.98. The van der Waals surface area contributed by atoms with Gasteiger partial charge in [-0.25, -0.2) is 0 Å². The van der Waals surface area contributed by atoms with Crippen molar-refractivity contribution >= 4 is 10.8 Å². The summed E-state index contributed by atoms with van der Waals surface area (Å²) in [6, 6.07) is 6.11. The van der Waals surface area contributed by atoms with Gasteiger partial charge in [0.25, 0.3) is 0 Å². The number of methoxy groups -OCH3 is 2. The predicted octanol–water partition coefficient (Wildman–Crippen LogP) is 4.54. The molecule has 22 heavy (non-hydrogen) atoms. The summed E-state index contributed by atoms with van der Waals surface area (Å²) in [6.45, 7) is 0. The molecule has 1 atom stereocenters. The van der Waals surface area contributed by atoms with E-state index in [0.717, 1.165) is 35.4 Å². The predicted molar refractivity (Wildman–Crippen MR) is 89.6 cm³/mol. The summed E-state index contributed by atoms with van der Waals surface area (Å²) in [5.74, 6) is 2.23. The smallest absolute Gasteiger partial charge is 0.161 e. The van der Waals surface area contributed by atoms with E-state index in [1.54, 1.807) is 14.2 Å². The zero-order valence-corrected chi connectivity index (χ0v) is 13.3. The highest BCUT2D eigenvalue weighted by molar-refractivity contribution is 5.87. The van der Waals surface area contributed by atoms with Gasteiger partial charge in [0, 0.05) is 17.3 Å². The molecule has 1 aromatic heterocycles. The first-order chi connectivity index (χ1) is 10.8. The average Bonchev–Trinajstić information content (AvgIpc) is 2.59. The number of hydrogen-bond donors (Lipinski definition) is 0. The molecule has 3 heteroatoms. The van der Waals surface area contributed by atoms with Crippen molar-refractivity contribution in [2.24, 2.45) is 5.92 Å². The second kappa shape index (κ2) is 6.82. The van der Waals surface area contributed by atoms with E-state index in [0.29, 0.717) is 5.92 Å². The Balaban J connectivity index is 1.88. The summed E-state index contributed by atoms with van der Waals surface area (Å²) in [6.07, 6.45) is 12.6. The Morgan fingerprint density at radius 1 is 1.18 bits per heavy atom. The van der Waals surface area contributed by atoms with Crippen molar-refractivity contribution in [3.63, 3.8) is 0 Å². The molecule has 0 radical (unpaired) electrons. The second-order valence-electron chi connectivity index (χ2n) is 5.84. The van der Waals surface area contributed by atoms with Crippen molar-refractivity contribution in [2.75, 3.05) is 14.2 Å². The Hall–Kier alpha value is -2.03. The molecule has 116 valence electrons. The van der Waals surface area contributed by atoms with Gasteiger partial charge in [-0.2, -0.15) is 0 Å². The van der Waals surface area contributed by atoms with Gasteiger partial charge in [0.15, 0.2) is 11.5 Å². The van der Waals surface area contributed by atoms with Crippen molar-refractivity contribution in [3.8, 4) is 11.5 Å². The first-order valence-electron chi connectivity index (χ1n) is 7.98. The minimum Gasteiger partial charge on any atom is -0.493 e. The average molecular weight is 297 g/mol. The topological polar surface area (TPSA) is 31.4 Å². The highest BCUT2D eigenvalue weighted by Gasteiger charge is 2.12. The summed E-state index contributed by atoms with van der Waals surface area (Å²) >= 11 is 0. The molecular weight excluding hydrogens is 274 g/mol. The van der Waals surface area contributed by atoms with Crippen molar-refractivity contribution in [1.29, 1.82) is 0 Å². The van der Waals surface area contributed by atoms with Crippen LogP contribution in [0.5, 0.6) is 11.5 Å². The molecule has 2 aromatic rings. The van der Waals surface area contributed by atoms with Gasteiger partial charge in [0.1, 0.15) is 0 Å². The number of fused-ring (bicyclic) bond motifs is 1. The lowest BCUT2D eigenvalue weighted by Crippen LogP contribution is -2.04. The Morgan fingerprint density at radius 3 is 2.73 bits per heavy atom. The molecule has 0 amide bonds. The van der Waals surface area contributed by atoms with Crippen LogP contribution in [-0.4, -0.2) is 19.2 Å². The fourth-order valence-corrected chi connectivity index (χ4v) is 3.20. The maximum Gasteiger partial charge on any atom is 0.161 e. The third-order valence-corrected chi connectivity index (χ3v) is 4.46. The largest absolute Gasteiger partial charge is 0.493 e. The van der Waals surface area contributed by atoms with Crippen LogP contribution in [-0.2, 0) is 6.42 Å². The Labute approximate surface area is 132 Å². The highest BCUT2D eigenvalue weighted by Crippen LogP contribution is 2.33. The number of pyridine rings is 1. The van der Waals surface area contributed by atoms with E-state index in [9.17, 15) is 0 Å². The number of ether oxygens (including phenoxy) is 2. The molecule has 1 aliphatic rings. The maximum absolute atomic E-state index is 5.43. The van der Waals surface area contributed by atoms with Gasteiger partial charge in [-0.05, 0) is 61.6 Å². The highest BCUT2D eigenvalue weighted by atomic mass is 16.5. The number of aryl methyl sites for hydroxylation is 1. The lowest BCUT2D eigenvalue weighted by Gasteiger charge is -2.16. The van der Waals surface area contributed by atoms with Gasteiger partial charge >= 0.3 is 0 Å². The monoisotopic (exact) mass is 297 g/mol. The van der Waals surface area contributed by atoms with Crippen LogP contribution in [0.15, 0.2) is 36.5 Å². The van der Waals surface area contributed by atoms with E-state index >= 15 is 0 Å². The van der Waals surface area contributed by atoms with E-state index < -0.39 is 0 Å². The van der Waals surface area contributed by atoms with Gasteiger partial charge in [-0.1, -0.05) is 12.2 Å². The summed E-state index contributed by atoms with van der Waals surface area (Å²) in [5, 5.41) is 2.32. The van der Waals surface area contributed by atoms with E-state index in [2.05, 4.69) is 17.1 Å². The van der Waals surface area contributed by atoms with Crippen molar-refractivity contribution in [3.05, 3.63) is 42.2 Å². The molecule has 0 aliphatic heterocycles. The maximum atomic E-state index is 5.43. The Bertz CT molecular complexity index is 678. The standard InChI is InChI=1S/C19H23NO2/c1-21-18-12-15-10-11-20-17(16(15)13-19(18)22-2)9-8-14-6-4-3-5-7-14/h4,6,10-14H,3,5,7-9H2,1-2H3. The molecule has 3 rings (SSSR count). The quantitative estimate of drug-likeness (QED) is 0.759. The zero-order valence-electron chi connectivity index (χ0n) is 13.3. The molecule has 0 spiro atoms. The molecule has 0 N–H and O–H groups in total. The Morgan fingerprint density at radius 2 is 2.00 bits per heavy atom. The van der Waals surface area contributed by atoms with Crippen LogP contribution < -0.4 is 9.47 Å². The molecule has 0 bridgehead atoms. The van der Waals surface area contributed by atoms with Crippen LogP contribution in [0.25, 0.3) is 10.8 Å². The summed E-state index contributed by atoms with van der Waals surface area (Å²) < 4.78 is 10.8. The number of hydrogen-bond acceptors (Lipinski definition) is 3. The first kappa shape index (κ1) is 14.9. The third-order valence-electron chi connectivity index (χ3n) is 4.46. The van der Waals surface area contributed by atoms with Gasteiger partial charge in [0.05, 0.1) is 14.2 Å². The van der Waals surface area contributed by atoms with Crippen molar-refractivity contribution in [1.82, 2.24) is 4.98 Å². The molecular formula is C19H23NO2. The van der Waals surface area contributed by atoms with Crippen LogP contribution in [0.1, 0.15) is 31.4 Å². The summed E-state index contributed by atoms with van der Waals surface area (Å²) in [7, 11) is 3.34. The van der Waals surface area contributed by atoms with Gasteiger partial charge in [0.2, 0.25) is 0 Å². The second-order valence-corrected chi connectivity index (χ2v) is 5.84. The molecule has 3 nitrogen and oxygen atoms in total. The molecule has 0 saturated carbocycles. The summed E-state index contributed by atoms with van der Waals surface area (Å²) in [4.78, 5) is 4.60. The lowest BCUT2D eigenvalue weighted by atomic mass is 9.90. The zero-order chi connectivity index (χ0) is 15.4. The van der Waals surface area contributed by atoms with Gasteiger partial charge in [-0.3, -0.25) is 4.98 Å². The van der Waals surface area contributed by atoms with Gasteiger partial charge < -0.3 is 9.47 Å².